The van der Waals surface area contributed by atoms with E-state index in [9.17, 15) is 21.4 Å². The predicted octanol–water partition coefficient (Wildman–Crippen LogP) is 8.88. The topological polar surface area (TPSA) is 107 Å². The average molecular weight is 655 g/mol. The molecule has 0 radical (unpaired) electrons. The summed E-state index contributed by atoms with van der Waals surface area (Å²) in [6.07, 6.45) is 0.857. The molecule has 0 saturated carbocycles. The van der Waals surface area contributed by atoms with Gasteiger partial charge >= 0.3 is 0 Å². The van der Waals surface area contributed by atoms with E-state index < -0.39 is 29.7 Å². The van der Waals surface area contributed by atoms with Crippen molar-refractivity contribution in [2.75, 3.05) is 0 Å². The summed E-state index contributed by atoms with van der Waals surface area (Å²) in [5.74, 6) is 1.26. The van der Waals surface area contributed by atoms with E-state index in [2.05, 4.69) is 20.8 Å². The molecule has 0 aliphatic carbocycles. The molecule has 0 saturated heterocycles. The van der Waals surface area contributed by atoms with Crippen LogP contribution in [0.5, 0.6) is 17.2 Å². The second-order valence-electron chi connectivity index (χ2n) is 12.2. The van der Waals surface area contributed by atoms with Gasteiger partial charge in [-0.2, -0.15) is 8.42 Å². The van der Waals surface area contributed by atoms with Crippen molar-refractivity contribution in [2.45, 2.75) is 90.4 Å². The Hall–Kier alpha value is -3.31. The highest BCUT2D eigenvalue weighted by molar-refractivity contribution is 7.99. The second-order valence-corrected chi connectivity index (χ2v) is 16.6. The molecule has 0 aliphatic rings. The molecule has 4 aromatic carbocycles. The molecular weight excluding hydrogens is 617 g/mol. The molecule has 10 heteroatoms. The van der Waals surface area contributed by atoms with Crippen LogP contribution in [0.4, 0.5) is 0 Å². The van der Waals surface area contributed by atoms with Gasteiger partial charge in [0.15, 0.2) is 0 Å². The number of ether oxygens (including phenoxy) is 2. The van der Waals surface area contributed by atoms with E-state index in [1.807, 2.05) is 57.2 Å². The minimum absolute atomic E-state index is 0.0313. The van der Waals surface area contributed by atoms with Gasteiger partial charge in [0.2, 0.25) is 9.84 Å². The fourth-order valence-corrected chi connectivity index (χ4v) is 8.03. The lowest BCUT2D eigenvalue weighted by Crippen LogP contribution is -2.22. The lowest BCUT2D eigenvalue weighted by molar-refractivity contribution is 0.131. The largest absolute Gasteiger partial charge is 0.488 e. The first-order chi connectivity index (χ1) is 20.4. The fourth-order valence-electron chi connectivity index (χ4n) is 4.45. The normalized spacial score (nSPS) is 12.6. The van der Waals surface area contributed by atoms with E-state index in [1.54, 1.807) is 43.0 Å². The molecule has 1 N–H and O–H groups in total. The zero-order valence-electron chi connectivity index (χ0n) is 25.9. The van der Waals surface area contributed by atoms with Crippen LogP contribution in [0.25, 0.3) is 0 Å². The third-order valence-corrected chi connectivity index (χ3v) is 11.2. The maximum Gasteiger partial charge on any atom is 0.295 e. The number of hydrogen-bond acceptors (Lipinski definition) is 7. The summed E-state index contributed by atoms with van der Waals surface area (Å²) in [4.78, 5) is 0.664. The van der Waals surface area contributed by atoms with Gasteiger partial charge in [-0.15, -0.1) is 0 Å². The van der Waals surface area contributed by atoms with E-state index in [0.717, 1.165) is 39.7 Å². The number of rotatable bonds is 10. The molecule has 7 nitrogen and oxygen atoms in total. The van der Waals surface area contributed by atoms with Crippen LogP contribution in [0, 0.1) is 6.92 Å². The number of benzene rings is 4. The third-order valence-electron chi connectivity index (χ3n) is 7.16. The van der Waals surface area contributed by atoms with E-state index in [0.29, 0.717) is 11.3 Å². The van der Waals surface area contributed by atoms with Crippen molar-refractivity contribution >= 4 is 31.7 Å². The van der Waals surface area contributed by atoms with Crippen LogP contribution in [-0.2, 0) is 25.4 Å². The Kier molecular flexibility index (Phi) is 9.61. The molecule has 0 aliphatic heterocycles. The van der Waals surface area contributed by atoms with Gasteiger partial charge in [0.1, 0.15) is 27.7 Å². The number of sulfone groups is 1. The van der Waals surface area contributed by atoms with Crippen LogP contribution in [0.15, 0.2) is 109 Å². The summed E-state index contributed by atoms with van der Waals surface area (Å²) >= 11 is 1.55. The first kappa shape index (κ1) is 33.6. The standard InChI is InChI=1S/C34H38O7S3/c1-8-34(6,7)24-9-19-30(23(2)21-24)43(35,36)31-20-14-27(22-32(31)44(37,38)39)40-25-10-15-28(16-11-25)42-29-17-12-26(13-18-29)41-33(3,4)5/h9-22H,8H2,1-7H3,(H,37,38,39). The molecular formula is C34H38O7S3. The van der Waals surface area contributed by atoms with Crippen molar-refractivity contribution in [1.82, 2.24) is 0 Å². The maximum atomic E-state index is 13.7. The van der Waals surface area contributed by atoms with E-state index in [-0.39, 0.29) is 21.7 Å². The summed E-state index contributed by atoms with van der Waals surface area (Å²) in [7, 11) is -9.21. The summed E-state index contributed by atoms with van der Waals surface area (Å²) < 4.78 is 73.8. The highest BCUT2D eigenvalue weighted by atomic mass is 32.2. The third kappa shape index (κ3) is 8.04. The average Bonchev–Trinajstić information content (AvgIpc) is 2.93. The van der Waals surface area contributed by atoms with Crippen molar-refractivity contribution in [1.29, 1.82) is 0 Å². The van der Waals surface area contributed by atoms with Crippen molar-refractivity contribution in [3.8, 4) is 17.2 Å². The number of hydrogen-bond donors (Lipinski definition) is 1. The Morgan fingerprint density at radius 3 is 1.70 bits per heavy atom. The van der Waals surface area contributed by atoms with Gasteiger partial charge in [-0.1, -0.05) is 44.7 Å². The smallest absolute Gasteiger partial charge is 0.295 e. The molecule has 44 heavy (non-hydrogen) atoms. The van der Waals surface area contributed by atoms with Gasteiger partial charge in [0, 0.05) is 15.9 Å². The second kappa shape index (κ2) is 12.6. The zero-order valence-corrected chi connectivity index (χ0v) is 28.4. The van der Waals surface area contributed by atoms with Crippen LogP contribution < -0.4 is 9.47 Å². The molecule has 234 valence electrons. The van der Waals surface area contributed by atoms with E-state index in [4.69, 9.17) is 9.47 Å². The lowest BCUT2D eigenvalue weighted by Gasteiger charge is -2.24. The highest BCUT2D eigenvalue weighted by Crippen LogP contribution is 2.36. The maximum absolute atomic E-state index is 13.7. The molecule has 4 rings (SSSR count). The molecule has 0 heterocycles. The van der Waals surface area contributed by atoms with Crippen LogP contribution in [0.3, 0.4) is 0 Å². The van der Waals surface area contributed by atoms with E-state index in [1.165, 1.54) is 12.1 Å². The van der Waals surface area contributed by atoms with Gasteiger partial charge in [0.25, 0.3) is 10.1 Å². The minimum Gasteiger partial charge on any atom is -0.488 e. The van der Waals surface area contributed by atoms with Crippen LogP contribution in [0.2, 0.25) is 0 Å². The molecule has 0 fully saturated rings. The lowest BCUT2D eigenvalue weighted by atomic mass is 9.82. The Labute approximate surface area is 265 Å². The van der Waals surface area contributed by atoms with Crippen LogP contribution in [0.1, 0.15) is 59.1 Å². The number of aryl methyl sites for hydroxylation is 1. The monoisotopic (exact) mass is 654 g/mol. The Balaban J connectivity index is 1.56. The van der Waals surface area contributed by atoms with Crippen molar-refractivity contribution < 1.29 is 30.9 Å². The predicted molar refractivity (Wildman–Crippen MR) is 174 cm³/mol. The summed E-state index contributed by atoms with van der Waals surface area (Å²) in [6.45, 7) is 13.8. The zero-order chi connectivity index (χ0) is 32.5. The molecule has 0 aromatic heterocycles. The molecule has 0 atom stereocenters. The molecule has 4 aromatic rings. The Morgan fingerprint density at radius 2 is 1.20 bits per heavy atom. The van der Waals surface area contributed by atoms with Crippen molar-refractivity contribution in [3.63, 3.8) is 0 Å². The highest BCUT2D eigenvalue weighted by Gasteiger charge is 2.30. The van der Waals surface area contributed by atoms with Gasteiger partial charge in [-0.25, -0.2) is 8.42 Å². The van der Waals surface area contributed by atoms with Crippen LogP contribution in [-0.4, -0.2) is 27.0 Å². The Morgan fingerprint density at radius 1 is 0.682 bits per heavy atom. The minimum atomic E-state index is -4.91. The summed E-state index contributed by atoms with van der Waals surface area (Å²) in [5, 5.41) is 0. The summed E-state index contributed by atoms with van der Waals surface area (Å²) in [6, 6.07) is 23.5. The van der Waals surface area contributed by atoms with E-state index >= 15 is 0 Å². The molecule has 0 spiro atoms. The first-order valence-electron chi connectivity index (χ1n) is 14.1. The van der Waals surface area contributed by atoms with Gasteiger partial charge < -0.3 is 9.47 Å². The summed E-state index contributed by atoms with van der Waals surface area (Å²) in [5.41, 5.74) is 1.02. The van der Waals surface area contributed by atoms with Crippen molar-refractivity contribution in [3.05, 3.63) is 96.1 Å². The first-order valence-corrected chi connectivity index (χ1v) is 17.9. The SMILES string of the molecule is CCC(C)(C)c1ccc(S(=O)(=O)c2ccc(Oc3ccc(Sc4ccc(OC(C)(C)C)cc4)cc3)cc2S(=O)(=O)O)c(C)c1. The van der Waals surface area contributed by atoms with Crippen molar-refractivity contribution in [2.24, 2.45) is 0 Å². The molecule has 0 amide bonds. The fraction of sp³-hybridized carbons (Fsp3) is 0.294. The van der Waals surface area contributed by atoms with Gasteiger partial charge in [-0.05, 0) is 117 Å². The Bertz CT molecular complexity index is 1850. The van der Waals surface area contributed by atoms with Crippen LogP contribution >= 0.6 is 11.8 Å². The quantitative estimate of drug-likeness (QED) is 0.169. The van der Waals surface area contributed by atoms with Gasteiger partial charge in [-0.3, -0.25) is 4.55 Å². The molecule has 0 unspecified atom stereocenters. The van der Waals surface area contributed by atoms with Gasteiger partial charge in [0.05, 0.1) is 9.79 Å². The molecule has 0 bridgehead atoms.